The van der Waals surface area contributed by atoms with E-state index in [-0.39, 0.29) is 6.17 Å². The van der Waals surface area contributed by atoms with Crippen LogP contribution >= 0.6 is 0 Å². The first kappa shape index (κ1) is 22.3. The van der Waals surface area contributed by atoms with E-state index in [4.69, 9.17) is 10.5 Å². The van der Waals surface area contributed by atoms with E-state index in [1.165, 1.54) is 103 Å². The van der Waals surface area contributed by atoms with Crippen LogP contribution in [0, 0.1) is 0 Å². The van der Waals surface area contributed by atoms with Crippen LogP contribution in [0.5, 0.6) is 0 Å². The normalized spacial score (nSPS) is 16.8. The lowest BCUT2D eigenvalue weighted by molar-refractivity contribution is 0.294. The van der Waals surface area contributed by atoms with Crippen molar-refractivity contribution in [1.82, 2.24) is 5.32 Å². The minimum absolute atomic E-state index is 0.0799. The summed E-state index contributed by atoms with van der Waals surface area (Å²) in [7, 11) is 0. The van der Waals surface area contributed by atoms with Crippen LogP contribution in [-0.4, -0.2) is 25.3 Å². The number of rotatable bonds is 18. The van der Waals surface area contributed by atoms with Crippen LogP contribution in [0.3, 0.4) is 0 Å². The van der Waals surface area contributed by atoms with Gasteiger partial charge in [0.25, 0.3) is 6.02 Å². The second-order valence-corrected chi connectivity index (χ2v) is 7.55. The van der Waals surface area contributed by atoms with Crippen molar-refractivity contribution in [2.75, 3.05) is 13.2 Å². The first-order valence-electron chi connectivity index (χ1n) is 11.0. The molecule has 0 aromatic carbocycles. The van der Waals surface area contributed by atoms with Crippen LogP contribution in [0.15, 0.2) is 4.99 Å². The summed E-state index contributed by atoms with van der Waals surface area (Å²) in [6, 6.07) is 0.324. The molecule has 148 valence electrons. The Kier molecular flexibility index (Phi) is 14.9. The second-order valence-electron chi connectivity index (χ2n) is 7.55. The number of unbranched alkanes of at least 4 members (excludes halogenated alkanes) is 15. The molecule has 0 saturated carbocycles. The van der Waals surface area contributed by atoms with Gasteiger partial charge in [0.05, 0.1) is 0 Å². The smallest absolute Gasteiger partial charge is 0.283 e. The van der Waals surface area contributed by atoms with Gasteiger partial charge in [0.15, 0.2) is 0 Å². The number of hydrogen-bond acceptors (Lipinski definition) is 4. The third kappa shape index (κ3) is 14.1. The Balaban J connectivity index is 1.67. The van der Waals surface area contributed by atoms with Crippen molar-refractivity contribution >= 4 is 6.02 Å². The van der Waals surface area contributed by atoms with Gasteiger partial charge in [-0.1, -0.05) is 103 Å². The molecule has 0 aromatic heterocycles. The maximum Gasteiger partial charge on any atom is 0.283 e. The van der Waals surface area contributed by atoms with Crippen LogP contribution in [0.4, 0.5) is 0 Å². The number of nitrogens with two attached hydrogens (primary N) is 1. The van der Waals surface area contributed by atoms with Crippen molar-refractivity contribution in [2.45, 2.75) is 116 Å². The van der Waals surface area contributed by atoms with Crippen molar-refractivity contribution in [3.8, 4) is 0 Å². The Morgan fingerprint density at radius 3 is 1.64 bits per heavy atom. The Hall–Kier alpha value is -0.770. The van der Waals surface area contributed by atoms with Crippen molar-refractivity contribution in [1.29, 1.82) is 0 Å². The molecule has 0 radical (unpaired) electrons. The third-order valence-corrected chi connectivity index (χ3v) is 5.08. The molecule has 1 unspecified atom stereocenters. The minimum atomic E-state index is 0.0799. The highest BCUT2D eigenvalue weighted by atomic mass is 16.5. The van der Waals surface area contributed by atoms with Crippen molar-refractivity contribution in [3.05, 3.63) is 0 Å². The summed E-state index contributed by atoms with van der Waals surface area (Å²) >= 11 is 0. The van der Waals surface area contributed by atoms with Gasteiger partial charge in [-0.25, -0.2) is 4.99 Å². The third-order valence-electron chi connectivity index (χ3n) is 5.08. The van der Waals surface area contributed by atoms with E-state index in [2.05, 4.69) is 17.2 Å². The summed E-state index contributed by atoms with van der Waals surface area (Å²) in [6.45, 7) is 3.89. The van der Waals surface area contributed by atoms with E-state index in [1.54, 1.807) is 0 Å². The number of ether oxygens (including phenoxy) is 1. The summed E-state index contributed by atoms with van der Waals surface area (Å²) in [5, 5.41) is 3.37. The lowest BCUT2D eigenvalue weighted by atomic mass is 10.0. The molecule has 0 aromatic rings. The molecule has 1 aliphatic rings. The number of hydrogen-bond donors (Lipinski definition) is 2. The van der Waals surface area contributed by atoms with Crippen molar-refractivity contribution in [3.63, 3.8) is 0 Å². The summed E-state index contributed by atoms with van der Waals surface area (Å²) in [6.07, 6.45) is 22.7. The quantitative estimate of drug-likeness (QED) is 0.319. The molecular formula is C21H43N3O. The maximum atomic E-state index is 5.48. The summed E-state index contributed by atoms with van der Waals surface area (Å²) in [5.41, 5.74) is 5.48. The van der Waals surface area contributed by atoms with Crippen molar-refractivity contribution in [2.24, 2.45) is 10.7 Å². The number of nitrogens with one attached hydrogen (secondary N) is 1. The van der Waals surface area contributed by atoms with E-state index < -0.39 is 0 Å². The molecule has 0 spiro atoms. The molecular weight excluding hydrogens is 310 g/mol. The van der Waals surface area contributed by atoms with Gasteiger partial charge < -0.3 is 10.5 Å². The number of nitrogens with zero attached hydrogens (tertiary/aromatic N) is 1. The van der Waals surface area contributed by atoms with Gasteiger partial charge in [-0.3, -0.25) is 5.32 Å². The Morgan fingerprint density at radius 1 is 0.800 bits per heavy atom. The fourth-order valence-electron chi connectivity index (χ4n) is 3.44. The van der Waals surface area contributed by atoms with Gasteiger partial charge in [0.2, 0.25) is 0 Å². The number of aliphatic imine (C=N–C) groups is 1. The zero-order valence-corrected chi connectivity index (χ0v) is 16.7. The summed E-state index contributed by atoms with van der Waals surface area (Å²) in [4.78, 5) is 4.16. The van der Waals surface area contributed by atoms with E-state index in [0.717, 1.165) is 6.54 Å². The molecule has 0 fully saturated rings. The molecule has 1 atom stereocenters. The van der Waals surface area contributed by atoms with Crippen LogP contribution in [0.2, 0.25) is 0 Å². The van der Waals surface area contributed by atoms with Gasteiger partial charge in [0, 0.05) is 0 Å². The summed E-state index contributed by atoms with van der Waals surface area (Å²) in [5.74, 6) is 0. The second kappa shape index (κ2) is 16.7. The fraction of sp³-hybridized carbons (Fsp3) is 0.952. The average molecular weight is 354 g/mol. The monoisotopic (exact) mass is 353 g/mol. The molecule has 1 aliphatic heterocycles. The fourth-order valence-corrected chi connectivity index (χ4v) is 3.44. The Bertz CT molecular complexity index is 320. The van der Waals surface area contributed by atoms with Gasteiger partial charge in [-0.2, -0.15) is 0 Å². The van der Waals surface area contributed by atoms with Crippen LogP contribution in [-0.2, 0) is 4.74 Å². The first-order chi connectivity index (χ1) is 12.3. The molecule has 1 rings (SSSR count). The first-order valence-corrected chi connectivity index (χ1v) is 11.0. The molecule has 3 N–H and O–H groups in total. The molecule has 0 saturated heterocycles. The number of amidine groups is 1. The van der Waals surface area contributed by atoms with E-state index in [9.17, 15) is 0 Å². The van der Waals surface area contributed by atoms with Crippen LogP contribution in [0.25, 0.3) is 0 Å². The standard InChI is InChI=1S/C21H43N3O/c1-2-3-4-5-6-7-8-9-10-11-12-13-14-15-16-17-18-23-20-19-25-21(22)24-20/h20,23H,2-19H2,1H3,(H2,22,24). The highest BCUT2D eigenvalue weighted by molar-refractivity contribution is 5.72. The molecule has 25 heavy (non-hydrogen) atoms. The van der Waals surface area contributed by atoms with E-state index in [0.29, 0.717) is 12.6 Å². The molecule has 4 nitrogen and oxygen atoms in total. The summed E-state index contributed by atoms with van der Waals surface area (Å²) < 4.78 is 5.11. The largest absolute Gasteiger partial charge is 0.462 e. The minimum Gasteiger partial charge on any atom is -0.462 e. The lowest BCUT2D eigenvalue weighted by Gasteiger charge is -2.07. The predicted octanol–water partition coefficient (Wildman–Crippen LogP) is 5.51. The van der Waals surface area contributed by atoms with Gasteiger partial charge in [0.1, 0.15) is 12.8 Å². The Labute approximate surface area is 156 Å². The van der Waals surface area contributed by atoms with Crippen LogP contribution in [0.1, 0.15) is 110 Å². The SMILES string of the molecule is CCCCCCCCCCCCCCCCCCNC1COC(N)=N1. The highest BCUT2D eigenvalue weighted by Gasteiger charge is 2.14. The van der Waals surface area contributed by atoms with Crippen molar-refractivity contribution < 1.29 is 4.74 Å². The zero-order valence-electron chi connectivity index (χ0n) is 16.7. The van der Waals surface area contributed by atoms with E-state index in [1.807, 2.05) is 0 Å². The molecule has 0 bridgehead atoms. The van der Waals surface area contributed by atoms with Crippen LogP contribution < -0.4 is 11.1 Å². The lowest BCUT2D eigenvalue weighted by Crippen LogP contribution is -2.29. The van der Waals surface area contributed by atoms with E-state index >= 15 is 0 Å². The molecule has 0 aliphatic carbocycles. The van der Waals surface area contributed by atoms with Gasteiger partial charge in [-0.15, -0.1) is 0 Å². The average Bonchev–Trinajstić information content (AvgIpc) is 3.03. The molecule has 1 heterocycles. The topological polar surface area (TPSA) is 59.6 Å². The predicted molar refractivity (Wildman–Crippen MR) is 109 cm³/mol. The molecule has 0 amide bonds. The highest BCUT2D eigenvalue weighted by Crippen LogP contribution is 2.13. The van der Waals surface area contributed by atoms with Gasteiger partial charge >= 0.3 is 0 Å². The zero-order chi connectivity index (χ0) is 18.0. The van der Waals surface area contributed by atoms with Gasteiger partial charge in [-0.05, 0) is 13.0 Å². The Morgan fingerprint density at radius 2 is 1.24 bits per heavy atom. The molecule has 4 heteroatoms. The maximum absolute atomic E-state index is 5.48.